The molecule has 0 spiro atoms. The molecule has 0 radical (unpaired) electrons. The summed E-state index contributed by atoms with van der Waals surface area (Å²) in [5, 5.41) is 9.36. The number of hydrogen-bond donors (Lipinski definition) is 3. The Hall–Kier alpha value is -1.87. The quantitative estimate of drug-likeness (QED) is 0.570. The van der Waals surface area contributed by atoms with Crippen molar-refractivity contribution in [3.05, 3.63) is 22.5 Å². The minimum absolute atomic E-state index is 0.311. The van der Waals surface area contributed by atoms with Crippen LogP contribution in [0, 0.1) is 0 Å². The van der Waals surface area contributed by atoms with Crippen molar-refractivity contribution in [3.63, 3.8) is 0 Å². The smallest absolute Gasteiger partial charge is 0.299 e. The van der Waals surface area contributed by atoms with Crippen LogP contribution in [0.4, 0.5) is 0 Å². The van der Waals surface area contributed by atoms with Gasteiger partial charge >= 0.3 is 0 Å². The van der Waals surface area contributed by atoms with Gasteiger partial charge in [-0.3, -0.25) is 19.6 Å². The molecule has 1 heterocycles. The highest BCUT2D eigenvalue weighted by molar-refractivity contribution is 7.86. The van der Waals surface area contributed by atoms with Crippen molar-refractivity contribution < 1.29 is 22.9 Å². The fourth-order valence-electron chi connectivity index (χ4n) is 0.977. The number of carbonyl (C=O) groups excluding carboxylic acids is 1. The van der Waals surface area contributed by atoms with Crippen molar-refractivity contribution in [1.29, 1.82) is 0 Å². The Balaban J connectivity index is 3.51. The molecular weight excluding hydrogens is 240 g/mol. The molecule has 0 aliphatic rings. The maximum Gasteiger partial charge on any atom is 0.299 e. The van der Waals surface area contributed by atoms with Crippen molar-refractivity contribution in [3.8, 4) is 5.88 Å². The highest BCUT2D eigenvalue weighted by Gasteiger charge is 2.19. The zero-order valence-corrected chi connectivity index (χ0v) is 8.85. The largest absolute Gasteiger partial charge is 0.492 e. The summed E-state index contributed by atoms with van der Waals surface area (Å²) in [7, 11) is -4.67. The summed E-state index contributed by atoms with van der Waals surface area (Å²) < 4.78 is 30.6. The van der Waals surface area contributed by atoms with Crippen molar-refractivity contribution in [2.24, 2.45) is 0 Å². The minimum Gasteiger partial charge on any atom is -0.492 e. The monoisotopic (exact) mass is 248 g/mol. The molecule has 0 aliphatic heterocycles. The van der Waals surface area contributed by atoms with E-state index in [4.69, 9.17) is 4.55 Å². The molecule has 8 nitrogen and oxygen atoms in total. The SMILES string of the molecule is CC(=O)Nn1c(O)c(S(=O)(=O)O)ccc1=O. The van der Waals surface area contributed by atoms with E-state index in [1.165, 1.54) is 0 Å². The van der Waals surface area contributed by atoms with Crippen LogP contribution >= 0.6 is 0 Å². The molecule has 1 amide bonds. The summed E-state index contributed by atoms with van der Waals surface area (Å²) in [5.41, 5.74) is 1.05. The normalized spacial score (nSPS) is 11.1. The number of aromatic hydroxyl groups is 1. The predicted molar refractivity (Wildman–Crippen MR) is 52.2 cm³/mol. The van der Waals surface area contributed by atoms with E-state index >= 15 is 0 Å². The van der Waals surface area contributed by atoms with E-state index in [0.717, 1.165) is 19.1 Å². The van der Waals surface area contributed by atoms with Gasteiger partial charge in [0.2, 0.25) is 11.8 Å². The lowest BCUT2D eigenvalue weighted by molar-refractivity contribution is -0.115. The molecule has 1 aromatic rings. The van der Waals surface area contributed by atoms with Gasteiger partial charge in [0.05, 0.1) is 0 Å². The maximum atomic E-state index is 11.2. The molecule has 0 aliphatic carbocycles. The summed E-state index contributed by atoms with van der Waals surface area (Å²) in [4.78, 5) is 21.0. The Labute approximate surface area is 89.9 Å². The first-order valence-corrected chi connectivity index (χ1v) is 5.37. The zero-order chi connectivity index (χ0) is 12.5. The number of pyridine rings is 1. The standard InChI is InChI=1S/C7H8N2O6S/c1-4(10)8-9-6(11)3-2-5(7(9)12)16(13,14)15/h2-3,12H,1H3,(H,8,10)(H,13,14,15). The van der Waals surface area contributed by atoms with Gasteiger partial charge in [-0.2, -0.15) is 13.1 Å². The second kappa shape index (κ2) is 3.94. The Morgan fingerprint density at radius 3 is 2.44 bits per heavy atom. The van der Waals surface area contributed by atoms with Crippen LogP contribution in [0.1, 0.15) is 6.92 Å². The first kappa shape index (κ1) is 12.2. The van der Waals surface area contributed by atoms with E-state index in [9.17, 15) is 23.1 Å². The molecule has 16 heavy (non-hydrogen) atoms. The molecule has 0 saturated heterocycles. The summed E-state index contributed by atoms with van der Waals surface area (Å²) >= 11 is 0. The number of aromatic nitrogens is 1. The summed E-state index contributed by atoms with van der Waals surface area (Å²) in [6, 6.07) is 1.50. The first-order valence-electron chi connectivity index (χ1n) is 3.93. The molecule has 1 aromatic heterocycles. The number of nitrogens with one attached hydrogen (secondary N) is 1. The van der Waals surface area contributed by atoms with E-state index in [2.05, 4.69) is 0 Å². The number of nitrogens with zero attached hydrogens (tertiary/aromatic N) is 1. The third-order valence-corrected chi connectivity index (χ3v) is 2.45. The average Bonchev–Trinajstić information content (AvgIpc) is 2.09. The van der Waals surface area contributed by atoms with Gasteiger partial charge in [0.1, 0.15) is 0 Å². The second-order valence-electron chi connectivity index (χ2n) is 2.84. The Kier molecular flexibility index (Phi) is 3.01. The van der Waals surface area contributed by atoms with Gasteiger partial charge in [0.25, 0.3) is 15.7 Å². The number of rotatable bonds is 2. The highest BCUT2D eigenvalue weighted by atomic mass is 32.2. The van der Waals surface area contributed by atoms with Crippen LogP contribution in [0.15, 0.2) is 21.8 Å². The van der Waals surface area contributed by atoms with Crippen LogP contribution in [0.25, 0.3) is 0 Å². The van der Waals surface area contributed by atoms with Gasteiger partial charge in [-0.05, 0) is 6.07 Å². The van der Waals surface area contributed by atoms with Gasteiger partial charge < -0.3 is 5.11 Å². The van der Waals surface area contributed by atoms with Crippen molar-refractivity contribution in [2.45, 2.75) is 11.8 Å². The molecule has 88 valence electrons. The topological polar surface area (TPSA) is 126 Å². The second-order valence-corrected chi connectivity index (χ2v) is 4.23. The van der Waals surface area contributed by atoms with Crippen LogP contribution in [0.3, 0.4) is 0 Å². The Bertz CT molecular complexity index is 587. The van der Waals surface area contributed by atoms with Crippen LogP contribution < -0.4 is 11.0 Å². The van der Waals surface area contributed by atoms with Crippen LogP contribution in [0.2, 0.25) is 0 Å². The highest BCUT2D eigenvalue weighted by Crippen LogP contribution is 2.18. The minimum atomic E-state index is -4.67. The zero-order valence-electron chi connectivity index (χ0n) is 8.04. The molecule has 3 N–H and O–H groups in total. The van der Waals surface area contributed by atoms with Gasteiger partial charge in [-0.1, -0.05) is 0 Å². The Morgan fingerprint density at radius 1 is 1.44 bits per heavy atom. The lowest BCUT2D eigenvalue weighted by atomic mass is 10.5. The van der Waals surface area contributed by atoms with Crippen molar-refractivity contribution in [1.82, 2.24) is 4.68 Å². The molecule has 0 unspecified atom stereocenters. The lowest BCUT2D eigenvalue weighted by Gasteiger charge is -2.09. The summed E-state index contributed by atoms with van der Waals surface area (Å²) in [6.07, 6.45) is 0. The van der Waals surface area contributed by atoms with Gasteiger partial charge in [-0.15, -0.1) is 0 Å². The van der Waals surface area contributed by atoms with E-state index in [1.54, 1.807) is 0 Å². The van der Waals surface area contributed by atoms with E-state index < -0.39 is 32.4 Å². The van der Waals surface area contributed by atoms with E-state index in [1.807, 2.05) is 5.43 Å². The van der Waals surface area contributed by atoms with E-state index in [0.29, 0.717) is 4.68 Å². The molecule has 0 fully saturated rings. The predicted octanol–water partition coefficient (Wildman–Crippen LogP) is -1.11. The number of amides is 1. The Morgan fingerprint density at radius 2 is 2.00 bits per heavy atom. The molecule has 0 aromatic carbocycles. The van der Waals surface area contributed by atoms with Crippen molar-refractivity contribution >= 4 is 16.0 Å². The molecule has 0 atom stereocenters. The maximum absolute atomic E-state index is 11.2. The van der Waals surface area contributed by atoms with Gasteiger partial charge in [0, 0.05) is 13.0 Å². The van der Waals surface area contributed by atoms with E-state index in [-0.39, 0.29) is 0 Å². The van der Waals surface area contributed by atoms with Crippen LogP contribution in [0.5, 0.6) is 5.88 Å². The average molecular weight is 248 g/mol. The van der Waals surface area contributed by atoms with Crippen molar-refractivity contribution in [2.75, 3.05) is 5.43 Å². The lowest BCUT2D eigenvalue weighted by Crippen LogP contribution is -2.31. The summed E-state index contributed by atoms with van der Waals surface area (Å²) in [5.74, 6) is -1.75. The molecule has 0 saturated carbocycles. The fourth-order valence-corrected chi connectivity index (χ4v) is 1.54. The third kappa shape index (κ3) is 2.38. The van der Waals surface area contributed by atoms with Gasteiger partial charge in [-0.25, -0.2) is 0 Å². The van der Waals surface area contributed by atoms with Crippen LogP contribution in [-0.2, 0) is 14.9 Å². The number of carbonyl (C=O) groups is 1. The molecule has 1 rings (SSSR count). The van der Waals surface area contributed by atoms with Gasteiger partial charge in [0.15, 0.2) is 4.90 Å². The first-order chi connectivity index (χ1) is 7.23. The van der Waals surface area contributed by atoms with Crippen LogP contribution in [-0.4, -0.2) is 28.7 Å². The molecule has 0 bridgehead atoms. The third-order valence-electron chi connectivity index (χ3n) is 1.58. The molecule has 9 heteroatoms. The molecular formula is C7H8N2O6S. The number of hydrogen-bond acceptors (Lipinski definition) is 5. The fraction of sp³-hybridized carbons (Fsp3) is 0.143. The summed E-state index contributed by atoms with van der Waals surface area (Å²) in [6.45, 7) is 1.06.